The van der Waals surface area contributed by atoms with Crippen LogP contribution in [0.2, 0.25) is 0 Å². The van der Waals surface area contributed by atoms with Gasteiger partial charge in [0.25, 0.3) is 0 Å². The molecule has 6 nitrogen and oxygen atoms in total. The molecule has 1 aromatic carbocycles. The summed E-state index contributed by atoms with van der Waals surface area (Å²) in [5.74, 6) is 1.10. The van der Waals surface area contributed by atoms with Gasteiger partial charge in [0.15, 0.2) is 0 Å². The maximum atomic E-state index is 12.0. The fourth-order valence-electron chi connectivity index (χ4n) is 2.90. The fourth-order valence-corrected chi connectivity index (χ4v) is 2.90. The maximum Gasteiger partial charge on any atom is 0.246 e. The zero-order valence-electron chi connectivity index (χ0n) is 18.1. The largest absolute Gasteiger partial charge is 0.441 e. The molecule has 0 saturated heterocycles. The summed E-state index contributed by atoms with van der Waals surface area (Å²) in [5, 5.41) is 2.87. The van der Waals surface area contributed by atoms with Crippen molar-refractivity contribution in [2.75, 3.05) is 13.2 Å². The Morgan fingerprint density at radius 1 is 1.20 bits per heavy atom. The van der Waals surface area contributed by atoms with E-state index >= 15 is 0 Å². The Labute approximate surface area is 177 Å². The molecule has 0 radical (unpaired) electrons. The minimum Gasteiger partial charge on any atom is -0.441 e. The molecule has 1 amide bonds. The lowest BCUT2D eigenvalue weighted by molar-refractivity contribution is -0.126. The minimum atomic E-state index is -0.156. The number of allylic oxidation sites excluding steroid dienone is 2. The minimum absolute atomic E-state index is 0.0216. The molecule has 0 aliphatic carbocycles. The molecule has 1 aliphatic rings. The number of benzene rings is 1. The van der Waals surface area contributed by atoms with E-state index < -0.39 is 0 Å². The van der Waals surface area contributed by atoms with Crippen LogP contribution < -0.4 is 5.32 Å². The van der Waals surface area contributed by atoms with Crippen LogP contribution in [0.25, 0.3) is 11.5 Å². The Morgan fingerprint density at radius 3 is 2.73 bits per heavy atom. The fraction of sp³-hybridized carbons (Fsp3) is 0.375. The Bertz CT molecular complexity index is 966. The van der Waals surface area contributed by atoms with E-state index in [0.717, 1.165) is 17.6 Å². The molecule has 1 N–H and O–H groups in total. The smallest absolute Gasteiger partial charge is 0.246 e. The number of aromatic nitrogens is 1. The van der Waals surface area contributed by atoms with Crippen LogP contribution in [0.3, 0.4) is 0 Å². The van der Waals surface area contributed by atoms with Gasteiger partial charge in [-0.1, -0.05) is 43.7 Å². The van der Waals surface area contributed by atoms with Crippen LogP contribution in [0.15, 0.2) is 57.6 Å². The standard InChI is InChI=1S/C24H29N3O3/c1-17-5-7-20(8-6-17)23-27-21(18(2)30-23)14-29-15-22(28)26-12-10-19-9-11-24(3,4)16-25-13-19/h5-9,11,13,16H,10,12,14-15H2,1-4H3,(H,26,28). The molecule has 158 valence electrons. The van der Waals surface area contributed by atoms with Gasteiger partial charge in [0.2, 0.25) is 11.8 Å². The summed E-state index contributed by atoms with van der Waals surface area (Å²) in [5.41, 5.74) is 3.84. The molecule has 0 atom stereocenters. The van der Waals surface area contributed by atoms with Crippen molar-refractivity contribution < 1.29 is 13.9 Å². The van der Waals surface area contributed by atoms with Crippen LogP contribution in [0.4, 0.5) is 0 Å². The molecule has 0 fully saturated rings. The van der Waals surface area contributed by atoms with Gasteiger partial charge in [-0.15, -0.1) is 0 Å². The van der Waals surface area contributed by atoms with Gasteiger partial charge < -0.3 is 14.5 Å². The quantitative estimate of drug-likeness (QED) is 0.697. The molecule has 0 saturated carbocycles. The molecular formula is C24H29N3O3. The predicted octanol–water partition coefficient (Wildman–Crippen LogP) is 4.53. The van der Waals surface area contributed by atoms with Crippen molar-refractivity contribution in [3.05, 3.63) is 65.2 Å². The van der Waals surface area contributed by atoms with Crippen LogP contribution in [-0.2, 0) is 16.1 Å². The number of ether oxygens (including phenoxy) is 1. The first-order valence-electron chi connectivity index (χ1n) is 10.1. The zero-order chi connectivity index (χ0) is 21.6. The van der Waals surface area contributed by atoms with E-state index in [1.54, 1.807) is 0 Å². The van der Waals surface area contributed by atoms with Gasteiger partial charge >= 0.3 is 0 Å². The Morgan fingerprint density at radius 2 is 1.97 bits per heavy atom. The third-order valence-corrected chi connectivity index (χ3v) is 4.77. The second kappa shape index (κ2) is 9.67. The summed E-state index contributed by atoms with van der Waals surface area (Å²) >= 11 is 0. The van der Waals surface area contributed by atoms with E-state index in [9.17, 15) is 4.79 Å². The van der Waals surface area contributed by atoms with Gasteiger partial charge in [0.1, 0.15) is 18.1 Å². The average Bonchev–Trinajstić information content (AvgIpc) is 2.97. The highest BCUT2D eigenvalue weighted by Crippen LogP contribution is 2.22. The van der Waals surface area contributed by atoms with Crippen molar-refractivity contribution in [3.63, 3.8) is 0 Å². The first kappa shape index (κ1) is 21.7. The molecule has 30 heavy (non-hydrogen) atoms. The maximum absolute atomic E-state index is 12.0. The molecule has 6 heteroatoms. The van der Waals surface area contributed by atoms with E-state index in [4.69, 9.17) is 9.15 Å². The summed E-state index contributed by atoms with van der Waals surface area (Å²) in [7, 11) is 0. The number of hydrogen-bond acceptors (Lipinski definition) is 5. The van der Waals surface area contributed by atoms with E-state index in [-0.39, 0.29) is 24.5 Å². The number of aryl methyl sites for hydroxylation is 2. The van der Waals surface area contributed by atoms with Crippen molar-refractivity contribution in [3.8, 4) is 11.5 Å². The third-order valence-electron chi connectivity index (χ3n) is 4.77. The van der Waals surface area contributed by atoms with Crippen LogP contribution in [0, 0.1) is 19.3 Å². The lowest BCUT2D eigenvalue weighted by Crippen LogP contribution is -2.28. The van der Waals surface area contributed by atoms with E-state index in [1.165, 1.54) is 5.56 Å². The SMILES string of the molecule is Cc1ccc(-c2nc(COCC(=O)NCCC3=CN=CC(C)(C)C=C3)c(C)o2)cc1. The number of nitrogens with one attached hydrogen (secondary N) is 1. The number of nitrogens with zero attached hydrogens (tertiary/aromatic N) is 2. The zero-order valence-corrected chi connectivity index (χ0v) is 18.1. The monoisotopic (exact) mass is 407 g/mol. The molecule has 1 aliphatic heterocycles. The first-order chi connectivity index (χ1) is 14.3. The van der Waals surface area contributed by atoms with Crippen LogP contribution >= 0.6 is 0 Å². The first-order valence-corrected chi connectivity index (χ1v) is 10.1. The van der Waals surface area contributed by atoms with E-state index in [1.807, 2.05) is 50.5 Å². The van der Waals surface area contributed by atoms with Crippen molar-refractivity contribution in [2.24, 2.45) is 10.4 Å². The molecule has 1 aromatic heterocycles. The molecule has 0 unspecified atom stereocenters. The number of carbonyl (C=O) groups excluding carboxylic acids is 1. The van der Waals surface area contributed by atoms with Crippen molar-refractivity contribution in [2.45, 2.75) is 40.7 Å². The summed E-state index contributed by atoms with van der Waals surface area (Å²) in [6.07, 6.45) is 8.66. The highest BCUT2D eigenvalue weighted by Gasteiger charge is 2.13. The van der Waals surface area contributed by atoms with Crippen molar-refractivity contribution in [1.29, 1.82) is 0 Å². The van der Waals surface area contributed by atoms with Crippen LogP contribution in [0.5, 0.6) is 0 Å². The topological polar surface area (TPSA) is 76.7 Å². The van der Waals surface area contributed by atoms with Gasteiger partial charge in [-0.25, -0.2) is 4.98 Å². The lowest BCUT2D eigenvalue weighted by atomic mass is 9.94. The molecular weight excluding hydrogens is 378 g/mol. The molecule has 2 heterocycles. The molecule has 0 bridgehead atoms. The third kappa shape index (κ3) is 6.26. The Kier molecular flexibility index (Phi) is 7.00. The van der Waals surface area contributed by atoms with E-state index in [0.29, 0.717) is 23.9 Å². The van der Waals surface area contributed by atoms with Gasteiger partial charge in [-0.3, -0.25) is 9.79 Å². The highest BCUT2D eigenvalue weighted by atomic mass is 16.5. The average molecular weight is 408 g/mol. The number of hydrogen-bond donors (Lipinski definition) is 1. The number of oxazole rings is 1. The molecule has 2 aromatic rings. The highest BCUT2D eigenvalue weighted by molar-refractivity contribution is 5.77. The summed E-state index contributed by atoms with van der Waals surface area (Å²) in [4.78, 5) is 20.9. The molecule has 3 rings (SSSR count). The van der Waals surface area contributed by atoms with Gasteiger partial charge in [-0.05, 0) is 38.0 Å². The van der Waals surface area contributed by atoms with Gasteiger partial charge in [0.05, 0.1) is 6.61 Å². The van der Waals surface area contributed by atoms with Gasteiger partial charge in [0, 0.05) is 29.9 Å². The van der Waals surface area contributed by atoms with Crippen LogP contribution in [0.1, 0.15) is 37.3 Å². The Hall–Kier alpha value is -2.99. The summed E-state index contributed by atoms with van der Waals surface area (Å²) < 4.78 is 11.3. The van der Waals surface area contributed by atoms with Crippen molar-refractivity contribution >= 4 is 12.1 Å². The second-order valence-electron chi connectivity index (χ2n) is 8.12. The molecule has 0 spiro atoms. The second-order valence-corrected chi connectivity index (χ2v) is 8.12. The van der Waals surface area contributed by atoms with E-state index in [2.05, 4.69) is 41.3 Å². The number of amides is 1. The lowest BCUT2D eigenvalue weighted by Gasteiger charge is -2.11. The summed E-state index contributed by atoms with van der Waals surface area (Å²) in [6, 6.07) is 7.99. The predicted molar refractivity (Wildman–Crippen MR) is 118 cm³/mol. The van der Waals surface area contributed by atoms with Crippen LogP contribution in [-0.4, -0.2) is 30.3 Å². The number of aliphatic imine (C=N–C) groups is 1. The Balaban J connectivity index is 1.41. The normalized spacial score (nSPS) is 15.0. The van der Waals surface area contributed by atoms with Crippen molar-refractivity contribution in [1.82, 2.24) is 10.3 Å². The number of carbonyl (C=O) groups is 1. The number of rotatable bonds is 8. The summed E-state index contributed by atoms with van der Waals surface area (Å²) in [6.45, 7) is 8.83. The van der Waals surface area contributed by atoms with Gasteiger partial charge in [-0.2, -0.15) is 0 Å².